The number of pyridine rings is 1. The van der Waals surface area contributed by atoms with Crippen molar-refractivity contribution in [1.29, 1.82) is 0 Å². The van der Waals surface area contributed by atoms with Crippen LogP contribution in [-0.2, 0) is 6.54 Å². The summed E-state index contributed by atoms with van der Waals surface area (Å²) in [5.74, 6) is -1.22. The van der Waals surface area contributed by atoms with Crippen LogP contribution in [0.1, 0.15) is 23.0 Å². The van der Waals surface area contributed by atoms with Gasteiger partial charge in [0.25, 0.3) is 0 Å². The fourth-order valence-electron chi connectivity index (χ4n) is 1.73. The van der Waals surface area contributed by atoms with Crippen molar-refractivity contribution in [2.24, 2.45) is 0 Å². The summed E-state index contributed by atoms with van der Waals surface area (Å²) in [4.78, 5) is 25.7. The molecule has 0 aliphatic carbocycles. The van der Waals surface area contributed by atoms with Gasteiger partial charge in [-0.3, -0.25) is 4.79 Å². The average molecular weight is 221 g/mol. The Labute approximate surface area is 90.5 Å². The van der Waals surface area contributed by atoms with Crippen molar-refractivity contribution in [3.63, 3.8) is 0 Å². The number of hydrogen-bond donors (Lipinski definition) is 2. The number of carbonyl (C=O) groups is 1. The fraction of sp³-hybridized carbons (Fsp3) is 0.300. The summed E-state index contributed by atoms with van der Waals surface area (Å²) in [6, 6.07) is 0. The quantitative estimate of drug-likeness (QED) is 0.783. The number of carboxylic acid groups (broad SMARTS) is 1. The lowest BCUT2D eigenvalue weighted by Gasteiger charge is -2.03. The second kappa shape index (κ2) is 3.48. The van der Waals surface area contributed by atoms with Gasteiger partial charge in [0.1, 0.15) is 11.2 Å². The van der Waals surface area contributed by atoms with Crippen LogP contribution < -0.4 is 5.43 Å². The molecule has 84 valence electrons. The highest BCUT2D eigenvalue weighted by Gasteiger charge is 2.17. The first-order valence-corrected chi connectivity index (χ1v) is 4.88. The second-order valence-electron chi connectivity index (χ2n) is 3.48. The third-order valence-corrected chi connectivity index (χ3v) is 2.51. The van der Waals surface area contributed by atoms with Gasteiger partial charge in [-0.1, -0.05) is 0 Å². The molecule has 6 nitrogen and oxygen atoms in total. The van der Waals surface area contributed by atoms with Crippen LogP contribution in [0.2, 0.25) is 0 Å². The molecule has 0 saturated heterocycles. The van der Waals surface area contributed by atoms with E-state index in [9.17, 15) is 9.59 Å². The first-order chi connectivity index (χ1) is 7.56. The van der Waals surface area contributed by atoms with Crippen LogP contribution in [0.15, 0.2) is 11.0 Å². The van der Waals surface area contributed by atoms with Crippen LogP contribution in [-0.4, -0.2) is 25.8 Å². The van der Waals surface area contributed by atoms with Crippen LogP contribution in [0.25, 0.3) is 11.0 Å². The molecule has 0 spiro atoms. The predicted octanol–water partition coefficient (Wildman–Crippen LogP) is 0.751. The summed E-state index contributed by atoms with van der Waals surface area (Å²) in [5.41, 5.74) is 0.205. The SMILES string of the molecule is CCn1ncc2c(=O)c(C(=O)O)c(C)[nH]c21. The Kier molecular flexibility index (Phi) is 2.26. The third-order valence-electron chi connectivity index (χ3n) is 2.51. The molecule has 2 aromatic rings. The van der Waals surface area contributed by atoms with E-state index in [1.54, 1.807) is 11.6 Å². The number of H-pyrrole nitrogens is 1. The zero-order chi connectivity index (χ0) is 11.9. The first-order valence-electron chi connectivity index (χ1n) is 4.88. The molecule has 2 N–H and O–H groups in total. The lowest BCUT2D eigenvalue weighted by atomic mass is 10.1. The Morgan fingerprint density at radius 1 is 1.62 bits per heavy atom. The number of hydrogen-bond acceptors (Lipinski definition) is 3. The van der Waals surface area contributed by atoms with Crippen LogP contribution in [0.4, 0.5) is 0 Å². The van der Waals surface area contributed by atoms with Crippen molar-refractivity contribution in [3.8, 4) is 0 Å². The van der Waals surface area contributed by atoms with Gasteiger partial charge in [0.2, 0.25) is 5.43 Å². The van der Waals surface area contributed by atoms with Crippen molar-refractivity contribution in [3.05, 3.63) is 27.7 Å². The van der Waals surface area contributed by atoms with Gasteiger partial charge >= 0.3 is 5.97 Å². The van der Waals surface area contributed by atoms with E-state index in [-0.39, 0.29) is 5.56 Å². The Bertz CT molecular complexity index is 624. The first kappa shape index (κ1) is 10.4. The summed E-state index contributed by atoms with van der Waals surface area (Å²) >= 11 is 0. The van der Waals surface area contributed by atoms with Gasteiger partial charge in [-0.15, -0.1) is 0 Å². The van der Waals surface area contributed by atoms with Crippen molar-refractivity contribution >= 4 is 17.0 Å². The summed E-state index contributed by atoms with van der Waals surface area (Å²) in [6.45, 7) is 4.08. The molecule has 0 unspecified atom stereocenters. The Balaban J connectivity index is 2.91. The summed E-state index contributed by atoms with van der Waals surface area (Å²) < 4.78 is 1.62. The van der Waals surface area contributed by atoms with E-state index in [2.05, 4.69) is 10.1 Å². The molecule has 16 heavy (non-hydrogen) atoms. The molecule has 0 aromatic carbocycles. The molecule has 0 atom stereocenters. The highest BCUT2D eigenvalue weighted by Crippen LogP contribution is 2.10. The van der Waals surface area contributed by atoms with Gasteiger partial charge in [0.15, 0.2) is 0 Å². The number of carboxylic acids is 1. The van der Waals surface area contributed by atoms with Gasteiger partial charge < -0.3 is 10.1 Å². The summed E-state index contributed by atoms with van der Waals surface area (Å²) in [7, 11) is 0. The number of nitrogens with one attached hydrogen (secondary N) is 1. The Hall–Kier alpha value is -2.11. The topological polar surface area (TPSA) is 88.0 Å². The maximum Gasteiger partial charge on any atom is 0.341 e. The van der Waals surface area contributed by atoms with Gasteiger partial charge in [0, 0.05) is 12.2 Å². The number of nitrogens with zero attached hydrogens (tertiary/aromatic N) is 2. The smallest absolute Gasteiger partial charge is 0.341 e. The van der Waals surface area contributed by atoms with Gasteiger partial charge in [-0.2, -0.15) is 5.10 Å². The highest BCUT2D eigenvalue weighted by molar-refractivity contribution is 5.92. The minimum Gasteiger partial charge on any atom is -0.477 e. The maximum atomic E-state index is 11.9. The van der Waals surface area contributed by atoms with Crippen molar-refractivity contribution < 1.29 is 9.90 Å². The van der Waals surface area contributed by atoms with Crippen molar-refractivity contribution in [1.82, 2.24) is 14.8 Å². The molecule has 0 fully saturated rings. The number of fused-ring (bicyclic) bond motifs is 1. The Morgan fingerprint density at radius 3 is 2.88 bits per heavy atom. The average Bonchev–Trinajstić information content (AvgIpc) is 2.60. The zero-order valence-electron chi connectivity index (χ0n) is 8.94. The van der Waals surface area contributed by atoms with E-state index in [0.29, 0.717) is 23.3 Å². The van der Waals surface area contributed by atoms with E-state index in [1.807, 2.05) is 6.92 Å². The normalized spacial score (nSPS) is 10.9. The van der Waals surface area contributed by atoms with Crippen molar-refractivity contribution in [2.75, 3.05) is 0 Å². The number of aromatic nitrogens is 3. The van der Waals surface area contributed by atoms with Crippen LogP contribution >= 0.6 is 0 Å². The number of aromatic amines is 1. The molecule has 2 aromatic heterocycles. The predicted molar refractivity (Wildman–Crippen MR) is 57.7 cm³/mol. The number of aromatic carboxylic acids is 1. The van der Waals surface area contributed by atoms with Gasteiger partial charge in [-0.05, 0) is 13.8 Å². The largest absolute Gasteiger partial charge is 0.477 e. The molecule has 0 amide bonds. The zero-order valence-corrected chi connectivity index (χ0v) is 8.94. The second-order valence-corrected chi connectivity index (χ2v) is 3.48. The molecule has 2 rings (SSSR count). The van der Waals surface area contributed by atoms with E-state index >= 15 is 0 Å². The molecule has 0 saturated carbocycles. The lowest BCUT2D eigenvalue weighted by molar-refractivity contribution is 0.0694. The Morgan fingerprint density at radius 2 is 2.31 bits per heavy atom. The minimum absolute atomic E-state index is 0.219. The lowest BCUT2D eigenvalue weighted by Crippen LogP contribution is -2.18. The molecular formula is C10H11N3O3. The van der Waals surface area contributed by atoms with Crippen LogP contribution in [0.3, 0.4) is 0 Å². The van der Waals surface area contributed by atoms with Gasteiger partial charge in [0.05, 0.1) is 11.6 Å². The monoisotopic (exact) mass is 221 g/mol. The molecule has 2 heterocycles. The standard InChI is InChI=1S/C10H11N3O3/c1-3-13-9-6(4-11-13)8(14)7(10(15)16)5(2)12-9/h4H,3H2,1-2H3,(H,12,14)(H,15,16). The van der Waals surface area contributed by atoms with E-state index in [0.717, 1.165) is 0 Å². The summed E-state index contributed by atoms with van der Waals surface area (Å²) in [5, 5.41) is 13.2. The molecule has 0 radical (unpaired) electrons. The molecule has 0 bridgehead atoms. The molecular weight excluding hydrogens is 210 g/mol. The third kappa shape index (κ3) is 1.30. The van der Waals surface area contributed by atoms with Crippen LogP contribution in [0.5, 0.6) is 0 Å². The van der Waals surface area contributed by atoms with Crippen molar-refractivity contribution in [2.45, 2.75) is 20.4 Å². The molecule has 6 heteroatoms. The van der Waals surface area contributed by atoms with E-state index < -0.39 is 11.4 Å². The maximum absolute atomic E-state index is 11.9. The molecule has 0 aliphatic rings. The van der Waals surface area contributed by atoms with Gasteiger partial charge in [-0.25, -0.2) is 9.48 Å². The number of rotatable bonds is 2. The number of aryl methyl sites for hydroxylation is 2. The minimum atomic E-state index is -1.22. The molecule has 0 aliphatic heterocycles. The van der Waals surface area contributed by atoms with E-state index in [1.165, 1.54) is 6.20 Å². The summed E-state index contributed by atoms with van der Waals surface area (Å²) in [6.07, 6.45) is 1.39. The van der Waals surface area contributed by atoms with Crippen LogP contribution in [0, 0.1) is 6.92 Å². The fourth-order valence-corrected chi connectivity index (χ4v) is 1.73. The highest BCUT2D eigenvalue weighted by atomic mass is 16.4. The van der Waals surface area contributed by atoms with E-state index in [4.69, 9.17) is 5.11 Å².